The molecule has 0 bridgehead atoms. The van der Waals surface area contributed by atoms with Crippen molar-refractivity contribution >= 4 is 5.84 Å². The van der Waals surface area contributed by atoms with E-state index in [2.05, 4.69) is 65.3 Å². The summed E-state index contributed by atoms with van der Waals surface area (Å²) in [6.45, 7) is 3.84. The normalized spacial score (nSPS) is 11.4. The average Bonchev–Trinajstić information content (AvgIpc) is 2.48. The Morgan fingerprint density at radius 1 is 0.842 bits per heavy atom. The van der Waals surface area contributed by atoms with Crippen LogP contribution in [-0.2, 0) is 13.1 Å². The lowest BCUT2D eigenvalue weighted by Gasteiger charge is -2.24. The van der Waals surface area contributed by atoms with Crippen LogP contribution in [0.3, 0.4) is 0 Å². The van der Waals surface area contributed by atoms with E-state index in [0.29, 0.717) is 0 Å². The molecule has 98 valence electrons. The van der Waals surface area contributed by atoms with Crippen LogP contribution in [0.4, 0.5) is 0 Å². The van der Waals surface area contributed by atoms with Crippen molar-refractivity contribution in [3.63, 3.8) is 0 Å². The number of hydrogen-bond donors (Lipinski definition) is 0. The highest BCUT2D eigenvalue weighted by Gasteiger charge is 2.08. The summed E-state index contributed by atoms with van der Waals surface area (Å²) in [7, 11) is 1.85. The predicted molar refractivity (Wildman–Crippen MR) is 81.2 cm³/mol. The molecule has 0 aliphatic rings. The van der Waals surface area contributed by atoms with Crippen molar-refractivity contribution in [3.8, 4) is 0 Å². The quantitative estimate of drug-likeness (QED) is 0.598. The highest BCUT2D eigenvalue weighted by molar-refractivity contribution is 5.79. The smallest absolute Gasteiger partial charge is 0.0960 e. The maximum atomic E-state index is 4.32. The Bertz CT molecular complexity index is 476. The molecule has 0 amide bonds. The topological polar surface area (TPSA) is 15.6 Å². The Balaban J connectivity index is 2.13. The van der Waals surface area contributed by atoms with Gasteiger partial charge in [0.15, 0.2) is 0 Å². The van der Waals surface area contributed by atoms with Crippen LogP contribution in [0.2, 0.25) is 0 Å². The Kier molecular flexibility index (Phi) is 4.73. The van der Waals surface area contributed by atoms with Crippen molar-refractivity contribution in [3.05, 3.63) is 71.8 Å². The summed E-state index contributed by atoms with van der Waals surface area (Å²) in [4.78, 5) is 6.62. The number of rotatable bonds is 4. The molecule has 0 N–H and O–H groups in total. The Hall–Kier alpha value is -2.09. The molecule has 0 spiro atoms. The first-order valence-electron chi connectivity index (χ1n) is 6.56. The lowest BCUT2D eigenvalue weighted by atomic mass is 10.1. The summed E-state index contributed by atoms with van der Waals surface area (Å²) in [5.41, 5.74) is 2.61. The van der Waals surface area contributed by atoms with E-state index in [1.807, 2.05) is 19.2 Å². The molecule has 0 aliphatic carbocycles. The van der Waals surface area contributed by atoms with E-state index in [0.717, 1.165) is 18.9 Å². The minimum absolute atomic E-state index is 0.888. The molecule has 0 aliphatic heterocycles. The molecule has 0 heterocycles. The van der Waals surface area contributed by atoms with Crippen LogP contribution in [0.1, 0.15) is 18.1 Å². The summed E-state index contributed by atoms with van der Waals surface area (Å²) < 4.78 is 0. The maximum Gasteiger partial charge on any atom is 0.0960 e. The molecule has 2 rings (SSSR count). The van der Waals surface area contributed by atoms with Crippen LogP contribution in [0.5, 0.6) is 0 Å². The summed E-state index contributed by atoms with van der Waals surface area (Å²) in [5.74, 6) is 1.06. The number of nitrogens with zero attached hydrogens (tertiary/aromatic N) is 2. The van der Waals surface area contributed by atoms with Crippen LogP contribution >= 0.6 is 0 Å². The van der Waals surface area contributed by atoms with Crippen LogP contribution < -0.4 is 0 Å². The molecule has 0 aromatic heterocycles. The van der Waals surface area contributed by atoms with E-state index in [1.165, 1.54) is 11.1 Å². The predicted octanol–water partition coefficient (Wildman–Crippen LogP) is 3.74. The van der Waals surface area contributed by atoms with Crippen molar-refractivity contribution in [2.75, 3.05) is 7.05 Å². The zero-order chi connectivity index (χ0) is 13.5. The van der Waals surface area contributed by atoms with Gasteiger partial charge in [0.25, 0.3) is 0 Å². The average molecular weight is 252 g/mol. The SMILES string of the molecule is C/N=C(\C)N(Cc1ccccc1)Cc1ccccc1. The Morgan fingerprint density at radius 3 is 1.63 bits per heavy atom. The van der Waals surface area contributed by atoms with Crippen molar-refractivity contribution < 1.29 is 0 Å². The van der Waals surface area contributed by atoms with E-state index in [-0.39, 0.29) is 0 Å². The molecular weight excluding hydrogens is 232 g/mol. The summed E-state index contributed by atoms with van der Waals surface area (Å²) in [6.07, 6.45) is 0. The van der Waals surface area contributed by atoms with Crippen molar-refractivity contribution in [2.45, 2.75) is 20.0 Å². The molecule has 0 saturated heterocycles. The van der Waals surface area contributed by atoms with Crippen molar-refractivity contribution in [2.24, 2.45) is 4.99 Å². The van der Waals surface area contributed by atoms with Crippen LogP contribution in [-0.4, -0.2) is 17.8 Å². The highest BCUT2D eigenvalue weighted by atomic mass is 15.2. The van der Waals surface area contributed by atoms with Gasteiger partial charge < -0.3 is 4.90 Å². The molecule has 2 aromatic rings. The van der Waals surface area contributed by atoms with Crippen molar-refractivity contribution in [1.29, 1.82) is 0 Å². The number of hydrogen-bond acceptors (Lipinski definition) is 1. The zero-order valence-electron chi connectivity index (χ0n) is 11.6. The highest BCUT2D eigenvalue weighted by Crippen LogP contribution is 2.10. The molecule has 0 fully saturated rings. The van der Waals surface area contributed by atoms with E-state index in [9.17, 15) is 0 Å². The van der Waals surface area contributed by atoms with E-state index in [1.54, 1.807) is 0 Å². The van der Waals surface area contributed by atoms with E-state index < -0.39 is 0 Å². The fourth-order valence-electron chi connectivity index (χ4n) is 2.03. The minimum atomic E-state index is 0.888. The molecule has 19 heavy (non-hydrogen) atoms. The van der Waals surface area contributed by atoms with Gasteiger partial charge in [-0.15, -0.1) is 0 Å². The molecule has 2 nitrogen and oxygen atoms in total. The van der Waals surface area contributed by atoms with Gasteiger partial charge in [0.05, 0.1) is 5.84 Å². The fraction of sp³-hybridized carbons (Fsp3) is 0.235. The van der Waals surface area contributed by atoms with Gasteiger partial charge in [-0.3, -0.25) is 4.99 Å². The van der Waals surface area contributed by atoms with E-state index >= 15 is 0 Å². The number of aliphatic imine (C=N–C) groups is 1. The van der Waals surface area contributed by atoms with Crippen LogP contribution in [0.25, 0.3) is 0 Å². The van der Waals surface area contributed by atoms with Gasteiger partial charge in [0.2, 0.25) is 0 Å². The second-order valence-corrected chi connectivity index (χ2v) is 4.60. The third kappa shape index (κ3) is 3.95. The van der Waals surface area contributed by atoms with Gasteiger partial charge in [-0.1, -0.05) is 60.7 Å². The van der Waals surface area contributed by atoms with Gasteiger partial charge in [-0.05, 0) is 18.1 Å². The molecule has 0 radical (unpaired) electrons. The third-order valence-corrected chi connectivity index (χ3v) is 3.21. The van der Waals surface area contributed by atoms with Gasteiger partial charge in [0, 0.05) is 20.1 Å². The first kappa shape index (κ1) is 13.3. The van der Waals surface area contributed by atoms with Crippen LogP contribution in [0, 0.1) is 0 Å². The monoisotopic (exact) mass is 252 g/mol. The molecule has 0 unspecified atom stereocenters. The number of benzene rings is 2. The molecule has 2 aromatic carbocycles. The maximum absolute atomic E-state index is 4.32. The van der Waals surface area contributed by atoms with Gasteiger partial charge in [-0.2, -0.15) is 0 Å². The van der Waals surface area contributed by atoms with Crippen molar-refractivity contribution in [1.82, 2.24) is 4.90 Å². The Morgan fingerprint density at radius 2 is 1.26 bits per heavy atom. The number of amidine groups is 1. The zero-order valence-corrected chi connectivity index (χ0v) is 11.6. The minimum Gasteiger partial charge on any atom is -0.352 e. The van der Waals surface area contributed by atoms with Crippen LogP contribution in [0.15, 0.2) is 65.7 Å². The molecule has 0 saturated carbocycles. The van der Waals surface area contributed by atoms with Gasteiger partial charge in [-0.25, -0.2) is 0 Å². The third-order valence-electron chi connectivity index (χ3n) is 3.21. The summed E-state index contributed by atoms with van der Waals surface area (Å²) >= 11 is 0. The fourth-order valence-corrected chi connectivity index (χ4v) is 2.03. The largest absolute Gasteiger partial charge is 0.352 e. The molecular formula is C17H20N2. The van der Waals surface area contributed by atoms with Gasteiger partial charge in [0.1, 0.15) is 0 Å². The van der Waals surface area contributed by atoms with Gasteiger partial charge >= 0.3 is 0 Å². The lowest BCUT2D eigenvalue weighted by molar-refractivity contribution is 0.403. The second kappa shape index (κ2) is 6.74. The molecule has 0 atom stereocenters. The standard InChI is InChI=1S/C17H20N2/c1-15(18-2)19(13-16-9-5-3-6-10-16)14-17-11-7-4-8-12-17/h3-12H,13-14H2,1-2H3/b18-15+. The lowest BCUT2D eigenvalue weighted by Crippen LogP contribution is -2.27. The second-order valence-electron chi connectivity index (χ2n) is 4.60. The summed E-state index contributed by atoms with van der Waals surface area (Å²) in [6, 6.07) is 21.0. The Labute approximate surface area is 115 Å². The summed E-state index contributed by atoms with van der Waals surface area (Å²) in [5, 5.41) is 0. The molecule has 2 heteroatoms. The first-order valence-corrected chi connectivity index (χ1v) is 6.56. The first-order chi connectivity index (χ1) is 9.29. The van der Waals surface area contributed by atoms with E-state index in [4.69, 9.17) is 0 Å².